The molecule has 0 radical (unpaired) electrons. The number of rotatable bonds is 6. The number of H-pyrrole nitrogens is 1. The second-order valence-electron chi connectivity index (χ2n) is 5.44. The van der Waals surface area contributed by atoms with Gasteiger partial charge in [0.05, 0.1) is 5.69 Å². The van der Waals surface area contributed by atoms with Crippen LogP contribution in [0.2, 0.25) is 0 Å². The normalized spacial score (nSPS) is 13.4. The van der Waals surface area contributed by atoms with E-state index < -0.39 is 5.82 Å². The Labute approximate surface area is 132 Å². The summed E-state index contributed by atoms with van der Waals surface area (Å²) in [5, 5.41) is 21.5. The van der Waals surface area contributed by atoms with E-state index in [0.717, 1.165) is 18.5 Å². The number of anilines is 1. The average Bonchev–Trinajstić information content (AvgIpc) is 3.28. The number of nitrogens with one attached hydrogen (secondary N) is 3. The monoisotopic (exact) mass is 313 g/mol. The Morgan fingerprint density at radius 3 is 3.00 bits per heavy atom. The largest absolute Gasteiger partial charge is 0.382 e. The van der Waals surface area contributed by atoms with Crippen LogP contribution in [-0.4, -0.2) is 29.2 Å². The van der Waals surface area contributed by atoms with Gasteiger partial charge in [0.1, 0.15) is 23.1 Å². The maximum absolute atomic E-state index is 13.4. The number of benzene rings is 1. The molecule has 0 bridgehead atoms. The molecular formula is C16H16FN5O. The lowest BCUT2D eigenvalue weighted by atomic mass is 10.2. The van der Waals surface area contributed by atoms with Gasteiger partial charge < -0.3 is 10.6 Å². The molecule has 0 unspecified atom stereocenters. The summed E-state index contributed by atoms with van der Waals surface area (Å²) in [4.78, 5) is 12.0. The van der Waals surface area contributed by atoms with Crippen LogP contribution in [0, 0.1) is 17.1 Å². The molecule has 1 amide bonds. The molecule has 0 saturated heterocycles. The zero-order chi connectivity index (χ0) is 16.2. The fourth-order valence-electron chi connectivity index (χ4n) is 2.31. The molecule has 1 heterocycles. The molecule has 6 nitrogen and oxygen atoms in total. The van der Waals surface area contributed by atoms with Crippen molar-refractivity contribution in [3.63, 3.8) is 0 Å². The fourth-order valence-corrected chi connectivity index (χ4v) is 2.31. The standard InChI is InChI=1S/C16H16FN5O/c17-12-2-1-3-13(11(12)9-18)19-6-7-20-16(23)15-8-14(21-22-15)10-4-5-10/h1-3,8,10,19H,4-7H2,(H,20,23)(H,21,22). The summed E-state index contributed by atoms with van der Waals surface area (Å²) >= 11 is 0. The lowest BCUT2D eigenvalue weighted by molar-refractivity contribution is 0.0950. The number of nitriles is 1. The number of carbonyl (C=O) groups excluding carboxylic acids is 1. The minimum Gasteiger partial charge on any atom is -0.382 e. The molecule has 3 rings (SSSR count). The van der Waals surface area contributed by atoms with Gasteiger partial charge in [-0.15, -0.1) is 0 Å². The number of nitrogens with zero attached hydrogens (tertiary/aromatic N) is 2. The number of amides is 1. The Kier molecular flexibility index (Phi) is 4.24. The molecule has 2 aromatic rings. The molecule has 1 aliphatic rings. The maximum atomic E-state index is 13.4. The first kappa shape index (κ1) is 15.0. The summed E-state index contributed by atoms with van der Waals surface area (Å²) in [7, 11) is 0. The highest BCUT2D eigenvalue weighted by Crippen LogP contribution is 2.38. The third kappa shape index (κ3) is 3.48. The lowest BCUT2D eigenvalue weighted by Gasteiger charge is -2.09. The molecule has 1 saturated carbocycles. The van der Waals surface area contributed by atoms with E-state index in [0.29, 0.717) is 30.4 Å². The van der Waals surface area contributed by atoms with Crippen molar-refractivity contribution in [2.75, 3.05) is 18.4 Å². The van der Waals surface area contributed by atoms with Gasteiger partial charge in [0.25, 0.3) is 5.91 Å². The van der Waals surface area contributed by atoms with Gasteiger partial charge in [0.2, 0.25) is 0 Å². The van der Waals surface area contributed by atoms with Gasteiger partial charge in [-0.1, -0.05) is 6.07 Å². The molecule has 118 valence electrons. The maximum Gasteiger partial charge on any atom is 0.271 e. The predicted molar refractivity (Wildman–Crippen MR) is 82.5 cm³/mol. The van der Waals surface area contributed by atoms with Gasteiger partial charge in [-0.2, -0.15) is 10.4 Å². The molecule has 1 aromatic carbocycles. The first-order chi connectivity index (χ1) is 11.2. The molecule has 0 spiro atoms. The SMILES string of the molecule is N#Cc1c(F)cccc1NCCNC(=O)c1cc(C2CC2)[nH]n1. The second-order valence-corrected chi connectivity index (χ2v) is 5.44. The van der Waals surface area contributed by atoms with Crippen LogP contribution in [-0.2, 0) is 0 Å². The zero-order valence-corrected chi connectivity index (χ0v) is 12.4. The third-order valence-electron chi connectivity index (χ3n) is 3.70. The lowest BCUT2D eigenvalue weighted by Crippen LogP contribution is -2.29. The number of carbonyl (C=O) groups is 1. The number of aromatic amines is 1. The van der Waals surface area contributed by atoms with Crippen molar-refractivity contribution in [2.45, 2.75) is 18.8 Å². The first-order valence-corrected chi connectivity index (χ1v) is 7.45. The Morgan fingerprint density at radius 2 is 2.26 bits per heavy atom. The smallest absolute Gasteiger partial charge is 0.271 e. The Morgan fingerprint density at radius 1 is 1.43 bits per heavy atom. The van der Waals surface area contributed by atoms with Crippen molar-refractivity contribution in [2.24, 2.45) is 0 Å². The Hall–Kier alpha value is -2.88. The van der Waals surface area contributed by atoms with Crippen LogP contribution < -0.4 is 10.6 Å². The van der Waals surface area contributed by atoms with Crippen molar-refractivity contribution in [1.29, 1.82) is 5.26 Å². The molecule has 0 atom stereocenters. The van der Waals surface area contributed by atoms with E-state index in [2.05, 4.69) is 20.8 Å². The fraction of sp³-hybridized carbons (Fsp3) is 0.312. The third-order valence-corrected chi connectivity index (χ3v) is 3.70. The number of halogens is 1. The molecule has 1 aliphatic carbocycles. The van der Waals surface area contributed by atoms with E-state index in [1.807, 2.05) is 6.07 Å². The average molecular weight is 313 g/mol. The number of hydrogen-bond acceptors (Lipinski definition) is 4. The topological polar surface area (TPSA) is 93.6 Å². The summed E-state index contributed by atoms with van der Waals surface area (Å²) in [6.07, 6.45) is 2.28. The number of hydrogen-bond donors (Lipinski definition) is 3. The van der Waals surface area contributed by atoms with Gasteiger partial charge in [-0.25, -0.2) is 4.39 Å². The molecule has 23 heavy (non-hydrogen) atoms. The first-order valence-electron chi connectivity index (χ1n) is 7.45. The van der Waals surface area contributed by atoms with Gasteiger partial charge in [0.15, 0.2) is 0 Å². The Balaban J connectivity index is 1.48. The van der Waals surface area contributed by atoms with Crippen molar-refractivity contribution < 1.29 is 9.18 Å². The highest BCUT2D eigenvalue weighted by Gasteiger charge is 2.26. The van der Waals surface area contributed by atoms with Crippen LogP contribution in [0.15, 0.2) is 24.3 Å². The van der Waals surface area contributed by atoms with Crippen molar-refractivity contribution in [3.8, 4) is 6.07 Å². The van der Waals surface area contributed by atoms with Crippen molar-refractivity contribution in [1.82, 2.24) is 15.5 Å². The second kappa shape index (κ2) is 6.48. The van der Waals surface area contributed by atoms with E-state index in [1.165, 1.54) is 12.1 Å². The van der Waals surface area contributed by atoms with E-state index >= 15 is 0 Å². The zero-order valence-electron chi connectivity index (χ0n) is 12.4. The highest BCUT2D eigenvalue weighted by atomic mass is 19.1. The summed E-state index contributed by atoms with van der Waals surface area (Å²) in [6.45, 7) is 0.718. The van der Waals surface area contributed by atoms with Gasteiger partial charge >= 0.3 is 0 Å². The van der Waals surface area contributed by atoms with Crippen molar-refractivity contribution in [3.05, 3.63) is 47.0 Å². The van der Waals surface area contributed by atoms with Crippen LogP contribution in [0.3, 0.4) is 0 Å². The van der Waals surface area contributed by atoms with Gasteiger partial charge in [0, 0.05) is 24.7 Å². The van der Waals surface area contributed by atoms with Crippen molar-refractivity contribution >= 4 is 11.6 Å². The summed E-state index contributed by atoms with van der Waals surface area (Å²) in [6, 6.07) is 7.99. The van der Waals surface area contributed by atoms with Crippen LogP contribution in [0.1, 0.15) is 40.5 Å². The van der Waals surface area contributed by atoms with Crippen LogP contribution >= 0.6 is 0 Å². The van der Waals surface area contributed by atoms with Crippen LogP contribution in [0.5, 0.6) is 0 Å². The predicted octanol–water partition coefficient (Wildman–Crippen LogP) is 2.14. The molecule has 3 N–H and O–H groups in total. The minimum absolute atomic E-state index is 0.0276. The summed E-state index contributed by atoms with van der Waals surface area (Å²) in [5.41, 5.74) is 1.76. The van der Waals surface area contributed by atoms with E-state index in [-0.39, 0.29) is 11.5 Å². The van der Waals surface area contributed by atoms with Crippen LogP contribution in [0.4, 0.5) is 10.1 Å². The Bertz CT molecular complexity index is 760. The number of aromatic nitrogens is 2. The van der Waals surface area contributed by atoms with E-state index in [9.17, 15) is 9.18 Å². The van der Waals surface area contributed by atoms with E-state index in [4.69, 9.17) is 5.26 Å². The summed E-state index contributed by atoms with van der Waals surface area (Å²) < 4.78 is 13.4. The van der Waals surface area contributed by atoms with Gasteiger partial charge in [-0.05, 0) is 31.0 Å². The van der Waals surface area contributed by atoms with E-state index in [1.54, 1.807) is 12.1 Å². The minimum atomic E-state index is -0.564. The highest BCUT2D eigenvalue weighted by molar-refractivity contribution is 5.92. The molecule has 7 heteroatoms. The quantitative estimate of drug-likeness (QED) is 0.712. The molecule has 1 fully saturated rings. The molecule has 1 aromatic heterocycles. The summed E-state index contributed by atoms with van der Waals surface area (Å²) in [5.74, 6) is -0.302. The van der Waals surface area contributed by atoms with Gasteiger partial charge in [-0.3, -0.25) is 9.89 Å². The molecule has 0 aliphatic heterocycles. The molecular weight excluding hydrogens is 297 g/mol. The van der Waals surface area contributed by atoms with Crippen LogP contribution in [0.25, 0.3) is 0 Å².